The van der Waals surface area contributed by atoms with Gasteiger partial charge in [0.1, 0.15) is 12.3 Å². The van der Waals surface area contributed by atoms with E-state index in [1.807, 2.05) is 7.05 Å². The monoisotopic (exact) mass is 514 g/mol. The highest BCUT2D eigenvalue weighted by molar-refractivity contribution is 5.82. The Morgan fingerprint density at radius 2 is 2.03 bits per heavy atom. The van der Waals surface area contributed by atoms with Crippen LogP contribution in [-0.2, 0) is 4.74 Å². The predicted molar refractivity (Wildman–Crippen MR) is 151 cm³/mol. The second-order valence-electron chi connectivity index (χ2n) is 14.0. The van der Waals surface area contributed by atoms with Crippen molar-refractivity contribution < 1.29 is 9.31 Å². The van der Waals surface area contributed by atoms with Crippen LogP contribution >= 0.6 is 0 Å². The van der Waals surface area contributed by atoms with Crippen LogP contribution in [0.5, 0.6) is 0 Å². The van der Waals surface area contributed by atoms with Gasteiger partial charge in [0, 0.05) is 49.1 Å². The molecule has 8 nitrogen and oxygen atoms in total. The standard InChI is InChI=1S/C29H52N7O/c1-27(2,3)22-13-12-19(15-31-22)33-26-32-17-21-25(34-26)36(23-14-28(4,5)37-18-29(21,23)6)24-11-9-10-20(16-30-7)35(24)8/h11,15,19,21-23,25-26,30,32-34H,9-10,12-14,16-18H2,1-8H3/q+1/t19?,21?,22?,23-,25?,26?,29-/m1/s1. The van der Waals surface area contributed by atoms with Crippen molar-refractivity contribution in [1.82, 2.24) is 26.2 Å². The zero-order valence-corrected chi connectivity index (χ0v) is 24.5. The van der Waals surface area contributed by atoms with Crippen LogP contribution < -0.4 is 21.3 Å². The third kappa shape index (κ3) is 5.17. The van der Waals surface area contributed by atoms with Gasteiger partial charge in [-0.15, -0.1) is 0 Å². The maximum atomic E-state index is 6.48. The Balaban J connectivity index is 1.40. The van der Waals surface area contributed by atoms with Crippen LogP contribution in [0.25, 0.3) is 0 Å². The molecule has 5 unspecified atom stereocenters. The molecule has 0 radical (unpaired) electrons. The van der Waals surface area contributed by atoms with Crippen LogP contribution in [0.3, 0.4) is 0 Å². The van der Waals surface area contributed by atoms with Crippen LogP contribution in [0, 0.1) is 16.7 Å². The van der Waals surface area contributed by atoms with Crippen molar-refractivity contribution >= 4 is 11.9 Å². The largest absolute Gasteiger partial charge is 0.375 e. The molecule has 37 heavy (non-hydrogen) atoms. The molecule has 0 aromatic carbocycles. The summed E-state index contributed by atoms with van der Waals surface area (Å²) in [5.41, 5.74) is 1.66. The van der Waals surface area contributed by atoms with Gasteiger partial charge in [0.25, 0.3) is 5.82 Å². The van der Waals surface area contributed by atoms with Crippen molar-refractivity contribution in [1.29, 1.82) is 0 Å². The zero-order valence-electron chi connectivity index (χ0n) is 24.5. The normalized spacial score (nSPS) is 39.9. The van der Waals surface area contributed by atoms with E-state index in [1.165, 1.54) is 11.5 Å². The molecule has 0 amide bonds. The smallest absolute Gasteiger partial charge is 0.273 e. The van der Waals surface area contributed by atoms with E-state index in [-0.39, 0.29) is 28.9 Å². The summed E-state index contributed by atoms with van der Waals surface area (Å²) in [6.45, 7) is 16.6. The number of likely N-dealkylation sites (tertiary alicyclic amines) is 1. The molecule has 8 heteroatoms. The molecule has 7 atom stereocenters. The zero-order chi connectivity index (χ0) is 26.6. The Morgan fingerprint density at radius 3 is 2.70 bits per heavy atom. The van der Waals surface area contributed by atoms with E-state index in [2.05, 4.69) is 91.6 Å². The first-order chi connectivity index (χ1) is 17.4. The van der Waals surface area contributed by atoms with Gasteiger partial charge in [-0.1, -0.05) is 27.7 Å². The Hall–Kier alpha value is -1.32. The van der Waals surface area contributed by atoms with E-state index in [4.69, 9.17) is 9.73 Å². The molecule has 0 aliphatic carbocycles. The van der Waals surface area contributed by atoms with Crippen LogP contribution in [0.1, 0.15) is 73.6 Å². The Kier molecular flexibility index (Phi) is 7.38. The minimum atomic E-state index is -0.117. The molecule has 5 heterocycles. The molecule has 0 aromatic rings. The third-order valence-corrected chi connectivity index (χ3v) is 9.76. The molecule has 4 N–H and O–H groups in total. The summed E-state index contributed by atoms with van der Waals surface area (Å²) in [5, 5.41) is 15.1. The summed E-state index contributed by atoms with van der Waals surface area (Å²) in [5.74, 6) is 1.82. The van der Waals surface area contributed by atoms with E-state index >= 15 is 0 Å². The first kappa shape index (κ1) is 27.3. The number of hydrogen-bond donors (Lipinski definition) is 4. The molecule has 5 aliphatic rings. The average Bonchev–Trinajstić information content (AvgIpc) is 3.07. The van der Waals surface area contributed by atoms with E-state index in [0.717, 1.165) is 51.8 Å². The quantitative estimate of drug-likeness (QED) is 0.423. The summed E-state index contributed by atoms with van der Waals surface area (Å²) >= 11 is 0. The molecule has 5 aliphatic heterocycles. The van der Waals surface area contributed by atoms with Crippen molar-refractivity contribution in [2.24, 2.45) is 21.7 Å². The average molecular weight is 515 g/mol. The Bertz CT molecular complexity index is 950. The molecule has 0 aromatic heterocycles. The Morgan fingerprint density at radius 1 is 1.24 bits per heavy atom. The second kappa shape index (κ2) is 10.0. The first-order valence-electron chi connectivity index (χ1n) is 14.6. The number of nitrogens with zero attached hydrogens (tertiary/aromatic N) is 3. The maximum absolute atomic E-state index is 6.48. The first-order valence-corrected chi connectivity index (χ1v) is 14.6. The second-order valence-corrected chi connectivity index (χ2v) is 14.0. The number of hydrogen-bond acceptors (Lipinski definition) is 7. The fourth-order valence-electron chi connectivity index (χ4n) is 7.36. The predicted octanol–water partition coefficient (Wildman–Crippen LogP) is 2.47. The number of ether oxygens (including phenoxy) is 1. The highest BCUT2D eigenvalue weighted by Crippen LogP contribution is 2.53. The number of allylic oxidation sites excluding steroid dienone is 1. The highest BCUT2D eigenvalue weighted by Gasteiger charge is 2.66. The van der Waals surface area contributed by atoms with Gasteiger partial charge in [0.15, 0.2) is 6.17 Å². The van der Waals surface area contributed by atoms with Gasteiger partial charge < -0.3 is 10.1 Å². The molecular weight excluding hydrogens is 462 g/mol. The molecular formula is C29H52N7O+. The van der Waals surface area contributed by atoms with Gasteiger partial charge in [0.05, 0.1) is 37.6 Å². The van der Waals surface area contributed by atoms with Gasteiger partial charge in [-0.3, -0.25) is 20.9 Å². The molecule has 0 saturated carbocycles. The van der Waals surface area contributed by atoms with Gasteiger partial charge in [-0.2, -0.15) is 0 Å². The van der Waals surface area contributed by atoms with Crippen LogP contribution in [0.4, 0.5) is 0 Å². The number of rotatable bonds is 5. The van der Waals surface area contributed by atoms with E-state index < -0.39 is 0 Å². The molecule has 3 saturated heterocycles. The number of nitrogens with one attached hydrogen (secondary N) is 4. The summed E-state index contributed by atoms with van der Waals surface area (Å²) < 4.78 is 8.93. The van der Waals surface area contributed by atoms with E-state index in [9.17, 15) is 0 Å². The summed E-state index contributed by atoms with van der Waals surface area (Å²) in [6, 6.07) is 1.13. The van der Waals surface area contributed by atoms with Gasteiger partial charge in [-0.05, 0) is 45.6 Å². The Labute approximate surface area is 224 Å². The van der Waals surface area contributed by atoms with Crippen molar-refractivity contribution in [3.63, 3.8) is 0 Å². The molecule has 0 spiro atoms. The highest BCUT2D eigenvalue weighted by atomic mass is 16.5. The summed E-state index contributed by atoms with van der Waals surface area (Å²) in [7, 11) is 4.30. The minimum absolute atomic E-state index is 0.0549. The molecule has 208 valence electrons. The maximum Gasteiger partial charge on any atom is 0.273 e. The van der Waals surface area contributed by atoms with Gasteiger partial charge in [-0.25, -0.2) is 9.48 Å². The number of aliphatic imine (C=N–C) groups is 1. The lowest BCUT2D eigenvalue weighted by Gasteiger charge is -2.45. The van der Waals surface area contributed by atoms with Crippen LogP contribution in [-0.4, -0.2) is 91.4 Å². The molecule has 3 fully saturated rings. The van der Waals surface area contributed by atoms with Crippen molar-refractivity contribution in [2.45, 2.75) is 110 Å². The lowest BCUT2D eigenvalue weighted by atomic mass is 9.69. The molecule has 0 bridgehead atoms. The minimum Gasteiger partial charge on any atom is -0.375 e. The van der Waals surface area contributed by atoms with Gasteiger partial charge in [0.2, 0.25) is 0 Å². The van der Waals surface area contributed by atoms with Crippen molar-refractivity contribution in [2.75, 3.05) is 33.8 Å². The summed E-state index contributed by atoms with van der Waals surface area (Å²) in [6.07, 6.45) is 10.4. The SMILES string of the molecule is CNCC1=[N+](C)C(N2C3NC(NC4C=NC(C(C)(C)C)CC4)NCC3[C@@]3(C)COC(C)(C)C[C@@H]23)=CCC1. The lowest BCUT2D eigenvalue weighted by Crippen LogP contribution is -2.68. The molecule has 5 rings (SSSR count). The third-order valence-electron chi connectivity index (χ3n) is 9.76. The number of fused-ring (bicyclic) bond motifs is 3. The fraction of sp³-hybridized carbons (Fsp3) is 0.862. The topological polar surface area (TPSA) is 76.0 Å². The van der Waals surface area contributed by atoms with E-state index in [1.54, 1.807) is 0 Å². The van der Waals surface area contributed by atoms with Gasteiger partial charge >= 0.3 is 0 Å². The van der Waals surface area contributed by atoms with Crippen LogP contribution in [0.2, 0.25) is 0 Å². The van der Waals surface area contributed by atoms with Crippen LogP contribution in [0.15, 0.2) is 16.9 Å². The van der Waals surface area contributed by atoms with E-state index in [0.29, 0.717) is 24.0 Å². The van der Waals surface area contributed by atoms with Crippen molar-refractivity contribution in [3.8, 4) is 0 Å². The summed E-state index contributed by atoms with van der Waals surface area (Å²) in [4.78, 5) is 7.67. The van der Waals surface area contributed by atoms with Crippen molar-refractivity contribution in [3.05, 3.63) is 11.9 Å². The lowest BCUT2D eigenvalue weighted by molar-refractivity contribution is -0.472. The fourth-order valence-corrected chi connectivity index (χ4v) is 7.36.